The molecule has 1 amide bonds. The third kappa shape index (κ3) is 4.28. The number of nitrogens with zero attached hydrogens (tertiary/aromatic N) is 2. The zero-order valence-corrected chi connectivity index (χ0v) is 14.6. The van der Waals surface area contributed by atoms with Crippen molar-refractivity contribution in [1.82, 2.24) is 19.6 Å². The summed E-state index contributed by atoms with van der Waals surface area (Å²) in [6.45, 7) is 1.48. The number of aromatic nitrogens is 2. The standard InChI is InChI=1S/C15H17FN4O4S/c1-9-6-14(21)19-13(18-9)8-17-15(22)11-7-10(4-5-12(11)16)25(23,24)20(2)3/h4-7H,8H2,1-3H3,(H,17,22)(H,18,19,21). The Morgan fingerprint density at radius 3 is 2.60 bits per heavy atom. The van der Waals surface area contributed by atoms with E-state index in [-0.39, 0.29) is 22.8 Å². The number of amides is 1. The molecule has 0 fully saturated rings. The van der Waals surface area contributed by atoms with Crippen LogP contribution in [0.15, 0.2) is 34.0 Å². The number of aryl methyl sites for hydroxylation is 1. The summed E-state index contributed by atoms with van der Waals surface area (Å²) in [5.74, 6) is -1.48. The Labute approximate surface area is 143 Å². The molecule has 0 aliphatic carbocycles. The van der Waals surface area contributed by atoms with Crippen LogP contribution in [0.4, 0.5) is 4.39 Å². The van der Waals surface area contributed by atoms with Crippen LogP contribution in [0.25, 0.3) is 0 Å². The quantitative estimate of drug-likeness (QED) is 0.793. The topological polar surface area (TPSA) is 112 Å². The van der Waals surface area contributed by atoms with Crippen molar-refractivity contribution in [3.05, 3.63) is 57.5 Å². The van der Waals surface area contributed by atoms with Crippen LogP contribution >= 0.6 is 0 Å². The van der Waals surface area contributed by atoms with E-state index >= 15 is 0 Å². The van der Waals surface area contributed by atoms with Crippen LogP contribution in [0.3, 0.4) is 0 Å². The summed E-state index contributed by atoms with van der Waals surface area (Å²) in [4.78, 5) is 29.8. The average Bonchev–Trinajstić information content (AvgIpc) is 2.51. The van der Waals surface area contributed by atoms with Crippen LogP contribution < -0.4 is 10.9 Å². The highest BCUT2D eigenvalue weighted by Gasteiger charge is 2.21. The summed E-state index contributed by atoms with van der Waals surface area (Å²) < 4.78 is 39.1. The van der Waals surface area contributed by atoms with Gasteiger partial charge in [0.15, 0.2) is 0 Å². The first kappa shape index (κ1) is 18.7. The molecule has 2 aromatic rings. The van der Waals surface area contributed by atoms with Gasteiger partial charge in [0.05, 0.1) is 17.0 Å². The van der Waals surface area contributed by atoms with Crippen molar-refractivity contribution in [3.8, 4) is 0 Å². The molecule has 0 atom stereocenters. The maximum absolute atomic E-state index is 13.9. The van der Waals surface area contributed by atoms with Gasteiger partial charge in [0.2, 0.25) is 10.0 Å². The highest BCUT2D eigenvalue weighted by Crippen LogP contribution is 2.17. The maximum Gasteiger partial charge on any atom is 0.254 e. The number of hydrogen-bond donors (Lipinski definition) is 2. The lowest BCUT2D eigenvalue weighted by molar-refractivity contribution is 0.0945. The molecule has 25 heavy (non-hydrogen) atoms. The van der Waals surface area contributed by atoms with E-state index in [1.165, 1.54) is 20.2 Å². The predicted molar refractivity (Wildman–Crippen MR) is 88.0 cm³/mol. The van der Waals surface area contributed by atoms with Crippen molar-refractivity contribution in [2.24, 2.45) is 0 Å². The molecule has 1 aromatic heterocycles. The summed E-state index contributed by atoms with van der Waals surface area (Å²) in [6.07, 6.45) is 0. The molecule has 2 N–H and O–H groups in total. The van der Waals surface area contributed by atoms with Crippen LogP contribution in [-0.4, -0.2) is 42.7 Å². The zero-order valence-electron chi connectivity index (χ0n) is 13.8. The highest BCUT2D eigenvalue weighted by molar-refractivity contribution is 7.89. The molecular formula is C15H17FN4O4S. The van der Waals surface area contributed by atoms with Crippen LogP contribution in [0.5, 0.6) is 0 Å². The number of halogens is 1. The smallest absolute Gasteiger partial charge is 0.254 e. The van der Waals surface area contributed by atoms with E-state index in [1.54, 1.807) is 6.92 Å². The van der Waals surface area contributed by atoms with E-state index < -0.39 is 27.3 Å². The minimum Gasteiger partial charge on any atom is -0.345 e. The molecule has 1 aromatic carbocycles. The SMILES string of the molecule is Cc1cc(=O)[nH]c(CNC(=O)c2cc(S(=O)(=O)N(C)C)ccc2F)n1. The summed E-state index contributed by atoms with van der Waals surface area (Å²) in [7, 11) is -1.14. The fourth-order valence-corrected chi connectivity index (χ4v) is 2.96. The van der Waals surface area contributed by atoms with Gasteiger partial charge in [-0.3, -0.25) is 9.59 Å². The molecule has 0 aliphatic rings. The van der Waals surface area contributed by atoms with Crippen molar-refractivity contribution in [2.45, 2.75) is 18.4 Å². The van der Waals surface area contributed by atoms with Crippen LogP contribution in [0, 0.1) is 12.7 Å². The summed E-state index contributed by atoms with van der Waals surface area (Å²) in [6, 6.07) is 4.26. The second-order valence-corrected chi connectivity index (χ2v) is 7.60. The lowest BCUT2D eigenvalue weighted by Gasteiger charge is -2.13. The van der Waals surface area contributed by atoms with Gasteiger partial charge < -0.3 is 10.3 Å². The largest absolute Gasteiger partial charge is 0.345 e. The maximum atomic E-state index is 13.9. The van der Waals surface area contributed by atoms with Gasteiger partial charge in [-0.15, -0.1) is 0 Å². The highest BCUT2D eigenvalue weighted by atomic mass is 32.2. The molecule has 0 spiro atoms. The number of rotatable bonds is 5. The molecule has 8 nitrogen and oxygen atoms in total. The molecule has 0 aliphatic heterocycles. The first-order chi connectivity index (χ1) is 11.6. The Kier molecular flexibility index (Phi) is 5.33. The molecule has 0 bridgehead atoms. The van der Waals surface area contributed by atoms with Gasteiger partial charge >= 0.3 is 0 Å². The van der Waals surface area contributed by atoms with Gasteiger partial charge in [0.25, 0.3) is 11.5 Å². The summed E-state index contributed by atoms with van der Waals surface area (Å²) in [5.41, 5.74) is -0.321. The van der Waals surface area contributed by atoms with Crippen molar-refractivity contribution in [2.75, 3.05) is 14.1 Å². The van der Waals surface area contributed by atoms with E-state index in [0.717, 1.165) is 22.5 Å². The van der Waals surface area contributed by atoms with Gasteiger partial charge in [-0.2, -0.15) is 0 Å². The number of aromatic amines is 1. The van der Waals surface area contributed by atoms with Crippen molar-refractivity contribution < 1.29 is 17.6 Å². The molecule has 0 radical (unpaired) electrons. The molecule has 0 saturated carbocycles. The Morgan fingerprint density at radius 1 is 1.32 bits per heavy atom. The summed E-state index contributed by atoms with van der Waals surface area (Å²) in [5, 5.41) is 2.40. The lowest BCUT2D eigenvalue weighted by atomic mass is 10.2. The molecule has 10 heteroatoms. The summed E-state index contributed by atoms with van der Waals surface area (Å²) >= 11 is 0. The molecular weight excluding hydrogens is 351 g/mol. The lowest BCUT2D eigenvalue weighted by Crippen LogP contribution is -2.27. The van der Waals surface area contributed by atoms with Gasteiger partial charge in [0.1, 0.15) is 11.6 Å². The molecule has 1 heterocycles. The van der Waals surface area contributed by atoms with Crippen LogP contribution in [0.2, 0.25) is 0 Å². The van der Waals surface area contributed by atoms with Crippen LogP contribution in [-0.2, 0) is 16.6 Å². The number of H-pyrrole nitrogens is 1. The number of sulfonamides is 1. The number of carbonyl (C=O) groups is 1. The second-order valence-electron chi connectivity index (χ2n) is 5.45. The average molecular weight is 368 g/mol. The van der Waals surface area contributed by atoms with Crippen molar-refractivity contribution >= 4 is 15.9 Å². The predicted octanol–water partition coefficient (Wildman–Crippen LogP) is 0.398. The monoisotopic (exact) mass is 368 g/mol. The van der Waals surface area contributed by atoms with E-state index in [4.69, 9.17) is 0 Å². The minimum atomic E-state index is -3.80. The van der Waals surface area contributed by atoms with Gasteiger partial charge in [-0.1, -0.05) is 0 Å². The third-order valence-electron chi connectivity index (χ3n) is 3.30. The number of hydrogen-bond acceptors (Lipinski definition) is 5. The molecule has 134 valence electrons. The Bertz CT molecular complexity index is 970. The second kappa shape index (κ2) is 7.11. The van der Waals surface area contributed by atoms with E-state index in [1.807, 2.05) is 0 Å². The van der Waals surface area contributed by atoms with E-state index in [2.05, 4.69) is 15.3 Å². The van der Waals surface area contributed by atoms with E-state index in [9.17, 15) is 22.4 Å². The first-order valence-electron chi connectivity index (χ1n) is 7.18. The molecule has 0 saturated heterocycles. The fraction of sp³-hybridized carbons (Fsp3) is 0.267. The Hall–Kier alpha value is -2.59. The van der Waals surface area contributed by atoms with Gasteiger partial charge in [-0.05, 0) is 25.1 Å². The minimum absolute atomic E-state index is 0.139. The Morgan fingerprint density at radius 2 is 2.00 bits per heavy atom. The van der Waals surface area contributed by atoms with Gasteiger partial charge in [0, 0.05) is 25.9 Å². The number of carbonyl (C=O) groups excluding carboxylic acids is 1. The normalized spacial score (nSPS) is 11.6. The zero-order chi connectivity index (χ0) is 18.8. The molecule has 2 rings (SSSR count). The van der Waals surface area contributed by atoms with Crippen LogP contribution in [0.1, 0.15) is 21.9 Å². The third-order valence-corrected chi connectivity index (χ3v) is 5.11. The number of nitrogens with one attached hydrogen (secondary N) is 2. The van der Waals surface area contributed by atoms with Crippen molar-refractivity contribution in [1.29, 1.82) is 0 Å². The Balaban J connectivity index is 2.26. The van der Waals surface area contributed by atoms with Gasteiger partial charge in [-0.25, -0.2) is 22.1 Å². The first-order valence-corrected chi connectivity index (χ1v) is 8.62. The number of benzene rings is 1. The fourth-order valence-electron chi connectivity index (χ4n) is 2.03. The van der Waals surface area contributed by atoms with E-state index in [0.29, 0.717) is 5.69 Å². The van der Waals surface area contributed by atoms with Crippen molar-refractivity contribution in [3.63, 3.8) is 0 Å². The molecule has 0 unspecified atom stereocenters.